The minimum atomic E-state index is -0.904. The van der Waals surface area contributed by atoms with Crippen LogP contribution in [0.5, 0.6) is 0 Å². The number of halogens is 1. The summed E-state index contributed by atoms with van der Waals surface area (Å²) in [6.45, 7) is 0. The molecule has 1 rings (SSSR count). The van der Waals surface area contributed by atoms with Crippen molar-refractivity contribution >= 4 is 23.6 Å². The highest BCUT2D eigenvalue weighted by molar-refractivity contribution is 6.32. The molecule has 76 valence electrons. The molecule has 3 nitrogen and oxygen atoms in total. The zero-order chi connectivity index (χ0) is 11.3. The molecule has 0 saturated heterocycles. The molecule has 0 spiro atoms. The molecule has 0 fully saturated rings. The molecular formula is C11H8ClNO2. The molecule has 15 heavy (non-hydrogen) atoms. The third kappa shape index (κ3) is 3.45. The topological polar surface area (TPSA) is 61.1 Å². The van der Waals surface area contributed by atoms with Crippen molar-refractivity contribution in [3.05, 3.63) is 40.4 Å². The molecule has 0 aromatic heterocycles. The quantitative estimate of drug-likeness (QED) is 0.854. The van der Waals surface area contributed by atoms with E-state index in [0.717, 1.165) is 0 Å². The van der Waals surface area contributed by atoms with E-state index in [1.54, 1.807) is 24.3 Å². The molecule has 0 bridgehead atoms. The van der Waals surface area contributed by atoms with Gasteiger partial charge in [-0.15, -0.1) is 0 Å². The van der Waals surface area contributed by atoms with E-state index in [0.29, 0.717) is 16.1 Å². The van der Waals surface area contributed by atoms with Gasteiger partial charge in [-0.3, -0.25) is 4.79 Å². The lowest BCUT2D eigenvalue weighted by molar-refractivity contribution is -0.135. The standard InChI is InChI=1S/C11H8ClNO2/c12-10-5-4-8(7-13)6-9(10)2-1-3-11(14)15/h1-2,4-6H,3H2,(H,14,15). The van der Waals surface area contributed by atoms with Crippen LogP contribution in [-0.4, -0.2) is 11.1 Å². The third-order valence-corrected chi connectivity index (χ3v) is 2.06. The van der Waals surface area contributed by atoms with Crippen LogP contribution >= 0.6 is 11.6 Å². The Labute approximate surface area is 92.2 Å². The van der Waals surface area contributed by atoms with Gasteiger partial charge >= 0.3 is 5.97 Å². The summed E-state index contributed by atoms with van der Waals surface area (Å²) in [5.41, 5.74) is 1.14. The van der Waals surface area contributed by atoms with E-state index in [-0.39, 0.29) is 6.42 Å². The first kappa shape index (κ1) is 11.3. The Bertz CT molecular complexity index is 446. The summed E-state index contributed by atoms with van der Waals surface area (Å²) in [4.78, 5) is 10.3. The maximum atomic E-state index is 10.3. The van der Waals surface area contributed by atoms with Gasteiger partial charge in [-0.1, -0.05) is 23.8 Å². The molecule has 0 saturated carbocycles. The lowest BCUT2D eigenvalue weighted by Gasteiger charge is -1.97. The lowest BCUT2D eigenvalue weighted by atomic mass is 10.1. The number of hydrogen-bond donors (Lipinski definition) is 1. The summed E-state index contributed by atoms with van der Waals surface area (Å²) in [6, 6.07) is 6.82. The Kier molecular flexibility index (Phi) is 3.90. The Balaban J connectivity index is 2.89. The van der Waals surface area contributed by atoms with Crippen LogP contribution in [0.2, 0.25) is 5.02 Å². The number of benzene rings is 1. The summed E-state index contributed by atoms with van der Waals surface area (Å²) in [5, 5.41) is 17.6. The van der Waals surface area contributed by atoms with Crippen molar-refractivity contribution in [2.45, 2.75) is 6.42 Å². The molecule has 0 aliphatic heterocycles. The number of aliphatic carboxylic acids is 1. The van der Waals surface area contributed by atoms with Gasteiger partial charge in [0.15, 0.2) is 0 Å². The second kappa shape index (κ2) is 5.18. The predicted molar refractivity (Wildman–Crippen MR) is 57.5 cm³/mol. The van der Waals surface area contributed by atoms with Gasteiger partial charge in [0.2, 0.25) is 0 Å². The van der Waals surface area contributed by atoms with E-state index in [1.165, 1.54) is 6.08 Å². The van der Waals surface area contributed by atoms with Gasteiger partial charge in [-0.05, 0) is 23.8 Å². The number of carboxylic acids is 1. The van der Waals surface area contributed by atoms with Crippen molar-refractivity contribution in [3.63, 3.8) is 0 Å². The smallest absolute Gasteiger partial charge is 0.307 e. The van der Waals surface area contributed by atoms with Gasteiger partial charge in [0.25, 0.3) is 0 Å². The van der Waals surface area contributed by atoms with Crippen LogP contribution in [0.4, 0.5) is 0 Å². The highest BCUT2D eigenvalue weighted by Crippen LogP contribution is 2.18. The lowest BCUT2D eigenvalue weighted by Crippen LogP contribution is -1.89. The fraction of sp³-hybridized carbons (Fsp3) is 0.0909. The first-order valence-electron chi connectivity index (χ1n) is 4.21. The van der Waals surface area contributed by atoms with E-state index in [2.05, 4.69) is 0 Å². The number of carbonyl (C=O) groups is 1. The summed E-state index contributed by atoms with van der Waals surface area (Å²) in [6.07, 6.45) is 3.02. The summed E-state index contributed by atoms with van der Waals surface area (Å²) in [5.74, 6) is -0.904. The molecule has 1 aromatic rings. The Morgan fingerprint density at radius 1 is 1.60 bits per heavy atom. The number of nitrogens with zero attached hydrogens (tertiary/aromatic N) is 1. The Hall–Kier alpha value is -1.79. The van der Waals surface area contributed by atoms with E-state index >= 15 is 0 Å². The molecule has 0 aliphatic carbocycles. The first-order chi connectivity index (χ1) is 7.13. The molecule has 0 amide bonds. The van der Waals surface area contributed by atoms with Crippen molar-refractivity contribution in [2.75, 3.05) is 0 Å². The normalized spacial score (nSPS) is 10.1. The highest BCUT2D eigenvalue weighted by Gasteiger charge is 1.98. The molecule has 0 aliphatic rings. The van der Waals surface area contributed by atoms with Crippen LogP contribution in [-0.2, 0) is 4.79 Å². The first-order valence-corrected chi connectivity index (χ1v) is 4.59. The molecule has 1 aromatic carbocycles. The van der Waals surface area contributed by atoms with Gasteiger partial charge in [0.1, 0.15) is 0 Å². The number of carboxylic acid groups (broad SMARTS) is 1. The van der Waals surface area contributed by atoms with E-state index in [9.17, 15) is 4.79 Å². The average Bonchev–Trinajstić information content (AvgIpc) is 2.20. The van der Waals surface area contributed by atoms with Crippen LogP contribution in [0.3, 0.4) is 0 Å². The molecule has 0 atom stereocenters. The predicted octanol–water partition coefficient (Wildman–Crippen LogP) is 2.70. The maximum absolute atomic E-state index is 10.3. The Morgan fingerprint density at radius 2 is 2.33 bits per heavy atom. The van der Waals surface area contributed by atoms with Crippen LogP contribution in [0, 0.1) is 11.3 Å². The number of hydrogen-bond acceptors (Lipinski definition) is 2. The van der Waals surface area contributed by atoms with Gasteiger partial charge < -0.3 is 5.11 Å². The van der Waals surface area contributed by atoms with Gasteiger partial charge in [0, 0.05) is 5.02 Å². The van der Waals surface area contributed by atoms with E-state index < -0.39 is 5.97 Å². The van der Waals surface area contributed by atoms with Gasteiger partial charge in [0.05, 0.1) is 18.1 Å². The zero-order valence-corrected chi connectivity index (χ0v) is 8.53. The van der Waals surface area contributed by atoms with Crippen LogP contribution in [0.1, 0.15) is 17.5 Å². The van der Waals surface area contributed by atoms with Crippen molar-refractivity contribution < 1.29 is 9.90 Å². The molecule has 0 heterocycles. The Morgan fingerprint density at radius 3 is 2.93 bits per heavy atom. The highest BCUT2D eigenvalue weighted by atomic mass is 35.5. The monoisotopic (exact) mass is 221 g/mol. The van der Waals surface area contributed by atoms with Crippen molar-refractivity contribution in [1.29, 1.82) is 5.26 Å². The summed E-state index contributed by atoms with van der Waals surface area (Å²) < 4.78 is 0. The second-order valence-electron chi connectivity index (χ2n) is 2.85. The summed E-state index contributed by atoms with van der Waals surface area (Å²) in [7, 11) is 0. The minimum Gasteiger partial charge on any atom is -0.481 e. The SMILES string of the molecule is N#Cc1ccc(Cl)c(C=CCC(=O)O)c1. The van der Waals surface area contributed by atoms with E-state index in [1.807, 2.05) is 6.07 Å². The minimum absolute atomic E-state index is 0.0624. The fourth-order valence-corrected chi connectivity index (χ4v) is 1.21. The van der Waals surface area contributed by atoms with Gasteiger partial charge in [-0.2, -0.15) is 5.26 Å². The van der Waals surface area contributed by atoms with Crippen molar-refractivity contribution in [1.82, 2.24) is 0 Å². The molecule has 4 heteroatoms. The molecule has 0 unspecified atom stereocenters. The number of nitriles is 1. The number of rotatable bonds is 3. The second-order valence-corrected chi connectivity index (χ2v) is 3.26. The zero-order valence-electron chi connectivity index (χ0n) is 7.77. The van der Waals surface area contributed by atoms with Crippen molar-refractivity contribution in [3.8, 4) is 6.07 Å². The van der Waals surface area contributed by atoms with Gasteiger partial charge in [-0.25, -0.2) is 0 Å². The average molecular weight is 222 g/mol. The largest absolute Gasteiger partial charge is 0.481 e. The van der Waals surface area contributed by atoms with Crippen LogP contribution < -0.4 is 0 Å². The van der Waals surface area contributed by atoms with Crippen LogP contribution in [0.25, 0.3) is 6.08 Å². The van der Waals surface area contributed by atoms with Crippen LogP contribution in [0.15, 0.2) is 24.3 Å². The molecular weight excluding hydrogens is 214 g/mol. The van der Waals surface area contributed by atoms with E-state index in [4.69, 9.17) is 22.0 Å². The van der Waals surface area contributed by atoms with Crippen molar-refractivity contribution in [2.24, 2.45) is 0 Å². The molecule has 0 radical (unpaired) electrons. The molecule has 1 N–H and O–H groups in total. The third-order valence-electron chi connectivity index (χ3n) is 1.71. The fourth-order valence-electron chi connectivity index (χ4n) is 1.03. The summed E-state index contributed by atoms with van der Waals surface area (Å²) >= 11 is 5.86. The maximum Gasteiger partial charge on any atom is 0.307 e.